The minimum atomic E-state index is -1.00. The first kappa shape index (κ1) is 21.2. The molecule has 4 aliphatic rings. The standard InChI is InChI=1S/C22H34O7/c1-19(2)16(23)13(10-28-18(19)27-6)21(4)14-8-7-12-17(24)22(14,11-20(12,3)25)9-15(26-5)29-21/h10,12,14-15,17-18,24-25H,7-9,11H2,1-6H3/t12-,14+,15-,17-,18+,20-,21+,22+/m1/s1. The van der Waals surface area contributed by atoms with Crippen molar-refractivity contribution in [3.8, 4) is 0 Å². The van der Waals surface area contributed by atoms with E-state index in [-0.39, 0.29) is 17.6 Å². The maximum absolute atomic E-state index is 13.5. The number of ether oxygens (including phenoxy) is 4. The Bertz CT molecular complexity index is 729. The summed E-state index contributed by atoms with van der Waals surface area (Å²) in [6, 6.07) is 0. The lowest BCUT2D eigenvalue weighted by molar-refractivity contribution is -0.287. The Kier molecular flexibility index (Phi) is 4.76. The molecule has 0 aromatic heterocycles. The average Bonchev–Trinajstić information content (AvgIpc) is 2.75. The van der Waals surface area contributed by atoms with Gasteiger partial charge in [0, 0.05) is 37.9 Å². The van der Waals surface area contributed by atoms with Crippen LogP contribution >= 0.6 is 0 Å². The van der Waals surface area contributed by atoms with E-state index in [1.54, 1.807) is 21.0 Å². The van der Waals surface area contributed by atoms with Gasteiger partial charge in [-0.05, 0) is 47.0 Å². The second-order valence-electron chi connectivity index (χ2n) is 10.3. The summed E-state index contributed by atoms with van der Waals surface area (Å²) in [7, 11) is 3.09. The molecule has 29 heavy (non-hydrogen) atoms. The van der Waals surface area contributed by atoms with Gasteiger partial charge in [-0.1, -0.05) is 0 Å². The van der Waals surface area contributed by atoms with Crippen molar-refractivity contribution in [2.45, 2.75) is 83.3 Å². The van der Waals surface area contributed by atoms with Gasteiger partial charge in [-0.15, -0.1) is 0 Å². The fraction of sp³-hybridized carbons (Fsp3) is 0.864. The number of fused-ring (bicyclic) bond motifs is 1. The van der Waals surface area contributed by atoms with E-state index in [1.165, 1.54) is 13.4 Å². The highest BCUT2D eigenvalue weighted by atomic mass is 16.7. The quantitative estimate of drug-likeness (QED) is 0.736. The first-order valence-electron chi connectivity index (χ1n) is 10.5. The molecule has 0 radical (unpaired) electrons. The molecule has 7 heteroatoms. The van der Waals surface area contributed by atoms with Crippen LogP contribution < -0.4 is 0 Å². The number of aliphatic hydroxyl groups excluding tert-OH is 1. The van der Waals surface area contributed by atoms with Crippen molar-refractivity contribution in [2.24, 2.45) is 22.7 Å². The van der Waals surface area contributed by atoms with Crippen LogP contribution in [-0.2, 0) is 23.7 Å². The lowest BCUT2D eigenvalue weighted by Gasteiger charge is -2.58. The van der Waals surface area contributed by atoms with E-state index in [2.05, 4.69) is 0 Å². The Morgan fingerprint density at radius 3 is 2.45 bits per heavy atom. The number of rotatable bonds is 3. The van der Waals surface area contributed by atoms with Crippen molar-refractivity contribution < 1.29 is 34.0 Å². The van der Waals surface area contributed by atoms with Gasteiger partial charge in [-0.2, -0.15) is 0 Å². The first-order valence-corrected chi connectivity index (χ1v) is 10.5. The van der Waals surface area contributed by atoms with Crippen LogP contribution in [0.5, 0.6) is 0 Å². The number of methoxy groups -OCH3 is 2. The minimum absolute atomic E-state index is 0.0913. The molecular weight excluding hydrogens is 376 g/mol. The smallest absolute Gasteiger partial charge is 0.211 e. The van der Waals surface area contributed by atoms with Crippen LogP contribution in [0, 0.1) is 22.7 Å². The molecule has 0 unspecified atom stereocenters. The molecule has 1 spiro atoms. The summed E-state index contributed by atoms with van der Waals surface area (Å²) < 4.78 is 23.2. The normalized spacial score (nSPS) is 51.2. The zero-order chi connectivity index (χ0) is 21.4. The molecule has 7 nitrogen and oxygen atoms in total. The van der Waals surface area contributed by atoms with E-state index in [0.29, 0.717) is 24.8 Å². The van der Waals surface area contributed by atoms with Gasteiger partial charge in [0.1, 0.15) is 5.60 Å². The molecule has 3 fully saturated rings. The second kappa shape index (κ2) is 6.50. The summed E-state index contributed by atoms with van der Waals surface area (Å²) in [5, 5.41) is 22.3. The molecule has 1 saturated heterocycles. The number of Topliss-reactive ketones (excluding diaryl/α,β-unsaturated/α-hetero) is 1. The Labute approximate surface area is 172 Å². The number of carbonyl (C=O) groups excluding carboxylic acids is 1. The van der Waals surface area contributed by atoms with Gasteiger partial charge in [0.15, 0.2) is 12.1 Å². The SMILES string of the molecule is CO[C@H]1C[C@]23C[C@@](C)(O)[C@H](CC[C@H]2[C@](C)(C2=CO[C@H](OC)C(C)(C)C2=O)O1)[C@H]3O. The van der Waals surface area contributed by atoms with Crippen LogP contribution in [0.25, 0.3) is 0 Å². The van der Waals surface area contributed by atoms with E-state index in [9.17, 15) is 15.0 Å². The van der Waals surface area contributed by atoms with Crippen LogP contribution in [-0.4, -0.2) is 60.1 Å². The predicted octanol–water partition coefficient (Wildman–Crippen LogP) is 2.15. The van der Waals surface area contributed by atoms with Crippen molar-refractivity contribution in [1.82, 2.24) is 0 Å². The van der Waals surface area contributed by atoms with Gasteiger partial charge in [0.2, 0.25) is 6.29 Å². The van der Waals surface area contributed by atoms with Crippen LogP contribution in [0.4, 0.5) is 0 Å². The van der Waals surface area contributed by atoms with Crippen molar-refractivity contribution in [2.75, 3.05) is 14.2 Å². The molecular formula is C22H34O7. The number of hydrogen-bond acceptors (Lipinski definition) is 7. The molecule has 0 amide bonds. The highest BCUT2D eigenvalue weighted by molar-refractivity contribution is 6.02. The van der Waals surface area contributed by atoms with Crippen LogP contribution in [0.15, 0.2) is 11.8 Å². The van der Waals surface area contributed by atoms with E-state index in [0.717, 1.165) is 6.42 Å². The van der Waals surface area contributed by atoms with E-state index in [4.69, 9.17) is 18.9 Å². The monoisotopic (exact) mass is 410 g/mol. The number of aliphatic hydroxyl groups is 2. The first-order chi connectivity index (χ1) is 13.4. The fourth-order valence-corrected chi connectivity index (χ4v) is 6.82. The molecule has 2 N–H and O–H groups in total. The van der Waals surface area contributed by atoms with Gasteiger partial charge in [0.05, 0.1) is 29.0 Å². The zero-order valence-electron chi connectivity index (χ0n) is 18.2. The summed E-state index contributed by atoms with van der Waals surface area (Å²) in [6.45, 7) is 7.32. The molecule has 0 aromatic rings. The van der Waals surface area contributed by atoms with Crippen LogP contribution in [0.2, 0.25) is 0 Å². The molecule has 2 saturated carbocycles. The van der Waals surface area contributed by atoms with Gasteiger partial charge in [-0.3, -0.25) is 4.79 Å². The van der Waals surface area contributed by atoms with Crippen LogP contribution in [0.3, 0.4) is 0 Å². The Balaban J connectivity index is 1.81. The van der Waals surface area contributed by atoms with E-state index >= 15 is 0 Å². The molecule has 164 valence electrons. The minimum Gasteiger partial charge on any atom is -0.471 e. The average molecular weight is 411 g/mol. The Hall–Kier alpha value is -0.990. The number of carbonyl (C=O) groups is 1. The molecule has 2 aliphatic carbocycles. The molecule has 0 aromatic carbocycles. The molecule has 2 bridgehead atoms. The maximum Gasteiger partial charge on any atom is 0.211 e. The summed E-state index contributed by atoms with van der Waals surface area (Å²) in [5.41, 5.74) is -2.97. The molecule has 2 heterocycles. The lowest BCUT2D eigenvalue weighted by Crippen LogP contribution is -2.63. The summed E-state index contributed by atoms with van der Waals surface area (Å²) in [6.07, 6.45) is 1.93. The van der Waals surface area contributed by atoms with Crippen LogP contribution in [0.1, 0.15) is 53.4 Å². The molecule has 2 aliphatic heterocycles. The Morgan fingerprint density at radius 2 is 1.83 bits per heavy atom. The van der Waals surface area contributed by atoms with Crippen molar-refractivity contribution >= 4 is 5.78 Å². The van der Waals surface area contributed by atoms with Crippen molar-refractivity contribution in [3.05, 3.63) is 11.8 Å². The topological polar surface area (TPSA) is 94.5 Å². The molecule has 8 atom stereocenters. The fourth-order valence-electron chi connectivity index (χ4n) is 6.82. The van der Waals surface area contributed by atoms with Gasteiger partial charge in [0.25, 0.3) is 0 Å². The Morgan fingerprint density at radius 1 is 1.14 bits per heavy atom. The third-order valence-electron chi connectivity index (χ3n) is 8.24. The summed E-state index contributed by atoms with van der Waals surface area (Å²) in [5.74, 6) is -0.415. The lowest BCUT2D eigenvalue weighted by atomic mass is 9.55. The summed E-state index contributed by atoms with van der Waals surface area (Å²) >= 11 is 0. The van der Waals surface area contributed by atoms with Gasteiger partial charge < -0.3 is 29.2 Å². The third kappa shape index (κ3) is 2.71. The highest BCUT2D eigenvalue weighted by Crippen LogP contribution is 2.67. The number of ketones is 1. The predicted molar refractivity (Wildman–Crippen MR) is 104 cm³/mol. The van der Waals surface area contributed by atoms with Gasteiger partial charge >= 0.3 is 0 Å². The largest absolute Gasteiger partial charge is 0.471 e. The summed E-state index contributed by atoms with van der Waals surface area (Å²) in [4.78, 5) is 13.5. The maximum atomic E-state index is 13.5. The van der Waals surface area contributed by atoms with E-state index in [1.807, 2.05) is 13.8 Å². The van der Waals surface area contributed by atoms with Crippen molar-refractivity contribution in [3.63, 3.8) is 0 Å². The second-order valence-corrected chi connectivity index (χ2v) is 10.3. The number of hydrogen-bond donors (Lipinski definition) is 2. The zero-order valence-corrected chi connectivity index (χ0v) is 18.2. The van der Waals surface area contributed by atoms with E-state index < -0.39 is 40.7 Å². The third-order valence-corrected chi connectivity index (χ3v) is 8.24. The van der Waals surface area contributed by atoms with Gasteiger partial charge in [-0.25, -0.2) is 0 Å². The van der Waals surface area contributed by atoms with Crippen molar-refractivity contribution in [1.29, 1.82) is 0 Å². The highest BCUT2D eigenvalue weighted by Gasteiger charge is 2.71. The molecule has 4 rings (SSSR count).